The SMILES string of the molecule is Cl.N#CCOc1ccc(CN)cc1. The molecule has 0 heterocycles. The van der Waals surface area contributed by atoms with Crippen molar-refractivity contribution in [3.05, 3.63) is 29.8 Å². The summed E-state index contributed by atoms with van der Waals surface area (Å²) in [6.45, 7) is 0.612. The minimum Gasteiger partial charge on any atom is -0.479 e. The minimum atomic E-state index is 0. The Bertz CT molecular complexity index is 279. The number of rotatable bonds is 3. The Balaban J connectivity index is 0.00000144. The van der Waals surface area contributed by atoms with Crippen LogP contribution in [0.5, 0.6) is 5.75 Å². The molecular weight excluding hydrogens is 188 g/mol. The summed E-state index contributed by atoms with van der Waals surface area (Å²) in [6, 6.07) is 9.27. The van der Waals surface area contributed by atoms with Crippen molar-refractivity contribution in [2.45, 2.75) is 6.54 Å². The van der Waals surface area contributed by atoms with Crippen LogP contribution in [-0.4, -0.2) is 6.61 Å². The standard InChI is InChI=1S/C9H10N2O.ClH/c10-5-6-12-9-3-1-8(7-11)2-4-9;/h1-4H,6-7,11H2;1H. The van der Waals surface area contributed by atoms with Gasteiger partial charge in [0.05, 0.1) is 0 Å². The first-order valence-corrected chi connectivity index (χ1v) is 3.65. The minimum absolute atomic E-state index is 0. The van der Waals surface area contributed by atoms with Gasteiger partial charge < -0.3 is 10.5 Å². The summed E-state index contributed by atoms with van der Waals surface area (Å²) >= 11 is 0. The molecule has 0 aliphatic heterocycles. The molecule has 1 rings (SSSR count). The number of nitrogens with zero attached hydrogens (tertiary/aromatic N) is 1. The molecule has 0 aliphatic rings. The molecule has 13 heavy (non-hydrogen) atoms. The number of ether oxygens (including phenoxy) is 1. The second-order valence-electron chi connectivity index (χ2n) is 2.29. The van der Waals surface area contributed by atoms with E-state index in [0.29, 0.717) is 12.3 Å². The molecule has 0 fully saturated rings. The number of nitrogens with two attached hydrogens (primary N) is 1. The number of hydrogen-bond acceptors (Lipinski definition) is 3. The van der Waals surface area contributed by atoms with Crippen LogP contribution < -0.4 is 10.5 Å². The van der Waals surface area contributed by atoms with Crippen molar-refractivity contribution in [3.8, 4) is 11.8 Å². The third-order valence-electron chi connectivity index (χ3n) is 1.46. The molecule has 0 aliphatic carbocycles. The van der Waals surface area contributed by atoms with Gasteiger partial charge in [-0.3, -0.25) is 0 Å². The first-order valence-electron chi connectivity index (χ1n) is 3.65. The van der Waals surface area contributed by atoms with E-state index in [2.05, 4.69) is 0 Å². The molecule has 3 nitrogen and oxygen atoms in total. The molecule has 1 aromatic rings. The summed E-state index contributed by atoms with van der Waals surface area (Å²) in [5, 5.41) is 8.23. The molecule has 1 aromatic carbocycles. The molecule has 0 saturated heterocycles. The van der Waals surface area contributed by atoms with Crippen LogP contribution in [0.4, 0.5) is 0 Å². The maximum atomic E-state index is 8.23. The van der Waals surface area contributed by atoms with E-state index >= 15 is 0 Å². The number of halogens is 1. The van der Waals surface area contributed by atoms with E-state index in [-0.39, 0.29) is 19.0 Å². The Kier molecular flexibility index (Phi) is 5.69. The topological polar surface area (TPSA) is 59.0 Å². The fourth-order valence-electron chi connectivity index (χ4n) is 0.837. The van der Waals surface area contributed by atoms with Gasteiger partial charge in [-0.05, 0) is 17.7 Å². The Morgan fingerprint density at radius 2 is 1.92 bits per heavy atom. The molecular formula is C9H11ClN2O. The van der Waals surface area contributed by atoms with Gasteiger partial charge in [0.2, 0.25) is 0 Å². The summed E-state index contributed by atoms with van der Waals surface area (Å²) in [7, 11) is 0. The van der Waals surface area contributed by atoms with Crippen LogP contribution >= 0.6 is 12.4 Å². The third kappa shape index (κ3) is 3.79. The summed E-state index contributed by atoms with van der Waals surface area (Å²) < 4.78 is 5.05. The molecule has 70 valence electrons. The first kappa shape index (κ1) is 11.8. The average molecular weight is 199 g/mol. The molecule has 0 atom stereocenters. The van der Waals surface area contributed by atoms with Crippen LogP contribution in [0.1, 0.15) is 5.56 Å². The lowest BCUT2D eigenvalue weighted by Crippen LogP contribution is -1.97. The Labute approximate surface area is 83.5 Å². The van der Waals surface area contributed by atoms with E-state index in [1.54, 1.807) is 12.1 Å². The van der Waals surface area contributed by atoms with E-state index < -0.39 is 0 Å². The lowest BCUT2D eigenvalue weighted by atomic mass is 10.2. The molecule has 4 heteroatoms. The predicted molar refractivity (Wildman–Crippen MR) is 52.7 cm³/mol. The van der Waals surface area contributed by atoms with Gasteiger partial charge in [-0.2, -0.15) is 5.26 Å². The van der Waals surface area contributed by atoms with Gasteiger partial charge in [0.25, 0.3) is 0 Å². The van der Waals surface area contributed by atoms with Crippen molar-refractivity contribution in [1.29, 1.82) is 5.26 Å². The first-order chi connectivity index (χ1) is 5.86. The van der Waals surface area contributed by atoms with Crippen LogP contribution in [0.3, 0.4) is 0 Å². The lowest BCUT2D eigenvalue weighted by molar-refractivity contribution is 0.368. The molecule has 0 saturated carbocycles. The van der Waals surface area contributed by atoms with Crippen LogP contribution in [0.15, 0.2) is 24.3 Å². The molecule has 0 amide bonds. The summed E-state index contributed by atoms with van der Waals surface area (Å²) in [5.41, 5.74) is 6.46. The largest absolute Gasteiger partial charge is 0.479 e. The smallest absolute Gasteiger partial charge is 0.174 e. The Morgan fingerprint density at radius 1 is 1.31 bits per heavy atom. The van der Waals surface area contributed by atoms with Crippen LogP contribution in [0.25, 0.3) is 0 Å². The highest BCUT2D eigenvalue weighted by molar-refractivity contribution is 5.85. The summed E-state index contributed by atoms with van der Waals surface area (Å²) in [6.07, 6.45) is 0. The van der Waals surface area contributed by atoms with Gasteiger partial charge in [0.15, 0.2) is 6.61 Å². The lowest BCUT2D eigenvalue weighted by Gasteiger charge is -2.01. The molecule has 0 radical (unpaired) electrons. The maximum Gasteiger partial charge on any atom is 0.174 e. The molecule has 0 bridgehead atoms. The fraction of sp³-hybridized carbons (Fsp3) is 0.222. The van der Waals surface area contributed by atoms with Crippen LogP contribution in [0.2, 0.25) is 0 Å². The summed E-state index contributed by atoms with van der Waals surface area (Å²) in [5.74, 6) is 0.703. The normalized spacial score (nSPS) is 8.31. The Morgan fingerprint density at radius 3 is 2.38 bits per heavy atom. The van der Waals surface area contributed by atoms with Gasteiger partial charge in [0.1, 0.15) is 11.8 Å². The second kappa shape index (κ2) is 6.30. The zero-order valence-electron chi connectivity index (χ0n) is 7.06. The van der Waals surface area contributed by atoms with E-state index in [4.69, 9.17) is 15.7 Å². The highest BCUT2D eigenvalue weighted by Crippen LogP contribution is 2.11. The van der Waals surface area contributed by atoms with Gasteiger partial charge in [-0.1, -0.05) is 12.1 Å². The van der Waals surface area contributed by atoms with Crippen LogP contribution in [0, 0.1) is 11.3 Å². The number of hydrogen-bond donors (Lipinski definition) is 1. The van der Waals surface area contributed by atoms with Crippen molar-refractivity contribution >= 4 is 12.4 Å². The van der Waals surface area contributed by atoms with Gasteiger partial charge >= 0.3 is 0 Å². The predicted octanol–water partition coefficient (Wildman–Crippen LogP) is 1.47. The van der Waals surface area contributed by atoms with Crippen molar-refractivity contribution < 1.29 is 4.74 Å². The van der Waals surface area contributed by atoms with Gasteiger partial charge in [0, 0.05) is 6.54 Å². The van der Waals surface area contributed by atoms with Crippen molar-refractivity contribution in [1.82, 2.24) is 0 Å². The number of nitriles is 1. The highest BCUT2D eigenvalue weighted by Gasteiger charge is 1.92. The molecule has 2 N–H and O–H groups in total. The monoisotopic (exact) mass is 198 g/mol. The van der Waals surface area contributed by atoms with Gasteiger partial charge in [-0.15, -0.1) is 12.4 Å². The molecule has 0 unspecified atom stereocenters. The third-order valence-corrected chi connectivity index (χ3v) is 1.46. The molecule has 0 aromatic heterocycles. The van der Waals surface area contributed by atoms with Crippen molar-refractivity contribution in [2.24, 2.45) is 5.73 Å². The average Bonchev–Trinajstić information content (AvgIpc) is 2.15. The zero-order chi connectivity index (χ0) is 8.81. The van der Waals surface area contributed by atoms with Crippen molar-refractivity contribution in [2.75, 3.05) is 6.61 Å². The van der Waals surface area contributed by atoms with E-state index in [0.717, 1.165) is 5.56 Å². The van der Waals surface area contributed by atoms with Crippen LogP contribution in [-0.2, 0) is 6.54 Å². The zero-order valence-corrected chi connectivity index (χ0v) is 7.88. The number of benzene rings is 1. The van der Waals surface area contributed by atoms with E-state index in [9.17, 15) is 0 Å². The summed E-state index contributed by atoms with van der Waals surface area (Å²) in [4.78, 5) is 0. The van der Waals surface area contributed by atoms with E-state index in [1.807, 2.05) is 18.2 Å². The molecule has 0 spiro atoms. The fourth-order valence-corrected chi connectivity index (χ4v) is 0.837. The van der Waals surface area contributed by atoms with E-state index in [1.165, 1.54) is 0 Å². The maximum absolute atomic E-state index is 8.23. The Hall–Kier alpha value is -1.24. The second-order valence-corrected chi connectivity index (χ2v) is 2.29. The highest BCUT2D eigenvalue weighted by atomic mass is 35.5. The van der Waals surface area contributed by atoms with Crippen molar-refractivity contribution in [3.63, 3.8) is 0 Å². The van der Waals surface area contributed by atoms with Gasteiger partial charge in [-0.25, -0.2) is 0 Å². The quantitative estimate of drug-likeness (QED) is 0.800.